The molecule has 0 aromatic carbocycles. The Bertz CT molecular complexity index is 261. The maximum Gasteiger partial charge on any atom is 0.305 e. The average Bonchev–Trinajstić information content (AvgIpc) is 2.40. The molecule has 0 rings (SSSR count). The van der Waals surface area contributed by atoms with E-state index in [-0.39, 0.29) is 18.4 Å². The first-order valence-electron chi connectivity index (χ1n) is 7.87. The molecule has 0 N–H and O–H groups in total. The molecule has 0 saturated carbocycles. The molecule has 0 saturated heterocycles. The third-order valence-electron chi connectivity index (χ3n) is 2.85. The Hall–Kier alpha value is -1.06. The molecule has 0 fully saturated rings. The van der Waals surface area contributed by atoms with E-state index in [1.54, 1.807) is 0 Å². The van der Waals surface area contributed by atoms with E-state index in [1.165, 1.54) is 19.3 Å². The van der Waals surface area contributed by atoms with Gasteiger partial charge in [0.25, 0.3) is 0 Å². The molecule has 0 radical (unpaired) electrons. The van der Waals surface area contributed by atoms with E-state index < -0.39 is 0 Å². The third kappa shape index (κ3) is 13.4. The fourth-order valence-corrected chi connectivity index (χ4v) is 1.67. The van der Waals surface area contributed by atoms with E-state index in [2.05, 4.69) is 6.92 Å². The van der Waals surface area contributed by atoms with Crippen molar-refractivity contribution in [2.24, 2.45) is 5.92 Å². The Labute approximate surface area is 123 Å². The van der Waals surface area contributed by atoms with Crippen LogP contribution < -0.4 is 0 Å². The van der Waals surface area contributed by atoms with Crippen LogP contribution in [0.15, 0.2) is 0 Å². The highest BCUT2D eigenvalue weighted by molar-refractivity contribution is 5.72. The second-order valence-electron chi connectivity index (χ2n) is 5.57. The van der Waals surface area contributed by atoms with Crippen molar-refractivity contribution in [2.75, 3.05) is 13.2 Å². The van der Waals surface area contributed by atoms with Crippen LogP contribution in [-0.4, -0.2) is 25.2 Å². The van der Waals surface area contributed by atoms with Gasteiger partial charge in [-0.15, -0.1) is 0 Å². The van der Waals surface area contributed by atoms with Crippen LogP contribution in [0.1, 0.15) is 72.1 Å². The molecule has 0 aliphatic heterocycles. The summed E-state index contributed by atoms with van der Waals surface area (Å²) < 4.78 is 10.1. The maximum absolute atomic E-state index is 11.4. The predicted molar refractivity (Wildman–Crippen MR) is 79.4 cm³/mol. The number of unbranched alkanes of at least 4 members (excludes halogenated alkanes) is 4. The zero-order valence-corrected chi connectivity index (χ0v) is 13.3. The minimum absolute atomic E-state index is 0.211. The first kappa shape index (κ1) is 18.9. The van der Waals surface area contributed by atoms with Crippen LogP contribution in [0, 0.1) is 5.92 Å². The molecule has 0 atom stereocenters. The number of hydrogen-bond acceptors (Lipinski definition) is 4. The van der Waals surface area contributed by atoms with Crippen molar-refractivity contribution in [2.45, 2.75) is 72.1 Å². The van der Waals surface area contributed by atoms with E-state index in [9.17, 15) is 9.59 Å². The molecule has 0 aliphatic carbocycles. The van der Waals surface area contributed by atoms with Gasteiger partial charge >= 0.3 is 11.9 Å². The first-order valence-corrected chi connectivity index (χ1v) is 7.87. The van der Waals surface area contributed by atoms with Crippen molar-refractivity contribution in [3.8, 4) is 0 Å². The smallest absolute Gasteiger partial charge is 0.305 e. The van der Waals surface area contributed by atoms with E-state index in [0.717, 1.165) is 12.8 Å². The predicted octanol–water partition coefficient (Wildman–Crippen LogP) is 3.87. The highest BCUT2D eigenvalue weighted by atomic mass is 16.5. The molecule has 0 bridgehead atoms. The Morgan fingerprint density at radius 2 is 1.45 bits per heavy atom. The summed E-state index contributed by atoms with van der Waals surface area (Å²) in [4.78, 5) is 22.7. The lowest BCUT2D eigenvalue weighted by atomic mass is 10.2. The largest absolute Gasteiger partial charge is 0.466 e. The maximum atomic E-state index is 11.4. The van der Waals surface area contributed by atoms with Gasteiger partial charge in [0, 0.05) is 12.8 Å². The highest BCUT2D eigenvalue weighted by Gasteiger charge is 2.07. The second kappa shape index (κ2) is 12.9. The standard InChI is InChI=1S/C16H30O4/c1-4-5-6-7-8-12-19-15(17)10-9-11-16(18)20-13-14(2)3/h14H,4-13H2,1-3H3. The van der Waals surface area contributed by atoms with Crippen LogP contribution in [0.25, 0.3) is 0 Å². The Balaban J connectivity index is 3.38. The van der Waals surface area contributed by atoms with Crippen molar-refractivity contribution < 1.29 is 19.1 Å². The van der Waals surface area contributed by atoms with Crippen LogP contribution in [0.4, 0.5) is 0 Å². The minimum atomic E-state index is -0.230. The van der Waals surface area contributed by atoms with Crippen LogP contribution in [0.5, 0.6) is 0 Å². The molecule has 0 aromatic heterocycles. The molecular weight excluding hydrogens is 256 g/mol. The van der Waals surface area contributed by atoms with Crippen LogP contribution in [0.3, 0.4) is 0 Å². The van der Waals surface area contributed by atoms with E-state index in [1.807, 2.05) is 13.8 Å². The van der Waals surface area contributed by atoms with Crippen LogP contribution in [0.2, 0.25) is 0 Å². The molecule has 4 nitrogen and oxygen atoms in total. The molecular formula is C16H30O4. The first-order chi connectivity index (χ1) is 9.56. The summed E-state index contributed by atoms with van der Waals surface area (Å²) >= 11 is 0. The molecule has 0 aliphatic rings. The van der Waals surface area contributed by atoms with Gasteiger partial charge in [0.1, 0.15) is 0 Å². The van der Waals surface area contributed by atoms with Crippen LogP contribution >= 0.6 is 0 Å². The van der Waals surface area contributed by atoms with Gasteiger partial charge in [-0.3, -0.25) is 9.59 Å². The van der Waals surface area contributed by atoms with E-state index >= 15 is 0 Å². The summed E-state index contributed by atoms with van der Waals surface area (Å²) in [6.07, 6.45) is 6.80. The number of rotatable bonds is 12. The highest BCUT2D eigenvalue weighted by Crippen LogP contribution is 2.05. The van der Waals surface area contributed by atoms with Crippen molar-refractivity contribution >= 4 is 11.9 Å². The van der Waals surface area contributed by atoms with Gasteiger partial charge in [-0.25, -0.2) is 0 Å². The van der Waals surface area contributed by atoms with Gasteiger partial charge in [0.2, 0.25) is 0 Å². The number of carbonyl (C=O) groups is 2. The van der Waals surface area contributed by atoms with Crippen LogP contribution in [-0.2, 0) is 19.1 Å². The summed E-state index contributed by atoms with van der Waals surface area (Å²) in [6.45, 7) is 7.10. The van der Waals surface area contributed by atoms with Crippen molar-refractivity contribution in [3.63, 3.8) is 0 Å². The summed E-state index contributed by atoms with van der Waals surface area (Å²) in [5.41, 5.74) is 0. The minimum Gasteiger partial charge on any atom is -0.466 e. The van der Waals surface area contributed by atoms with Gasteiger partial charge in [-0.05, 0) is 18.8 Å². The summed E-state index contributed by atoms with van der Waals surface area (Å²) in [7, 11) is 0. The quantitative estimate of drug-likeness (QED) is 0.404. The molecule has 0 heterocycles. The summed E-state index contributed by atoms with van der Waals surface area (Å²) in [5, 5.41) is 0. The second-order valence-corrected chi connectivity index (χ2v) is 5.57. The summed E-state index contributed by atoms with van der Waals surface area (Å²) in [5.74, 6) is -0.0974. The Morgan fingerprint density at radius 1 is 0.850 bits per heavy atom. The topological polar surface area (TPSA) is 52.6 Å². The SMILES string of the molecule is CCCCCCCOC(=O)CCCC(=O)OCC(C)C. The normalized spacial score (nSPS) is 10.6. The third-order valence-corrected chi connectivity index (χ3v) is 2.85. The zero-order valence-electron chi connectivity index (χ0n) is 13.3. The molecule has 0 aromatic rings. The Kier molecular flexibility index (Phi) is 12.3. The van der Waals surface area contributed by atoms with Gasteiger partial charge in [0.15, 0.2) is 0 Å². The molecule has 0 spiro atoms. The molecule has 118 valence electrons. The zero-order chi connectivity index (χ0) is 15.2. The van der Waals surface area contributed by atoms with Crippen molar-refractivity contribution in [3.05, 3.63) is 0 Å². The number of esters is 2. The van der Waals surface area contributed by atoms with Gasteiger partial charge in [0.05, 0.1) is 13.2 Å². The average molecular weight is 286 g/mol. The van der Waals surface area contributed by atoms with E-state index in [0.29, 0.717) is 32.0 Å². The van der Waals surface area contributed by atoms with Gasteiger partial charge < -0.3 is 9.47 Å². The fourth-order valence-electron chi connectivity index (χ4n) is 1.67. The van der Waals surface area contributed by atoms with Crippen molar-refractivity contribution in [1.29, 1.82) is 0 Å². The monoisotopic (exact) mass is 286 g/mol. The number of hydrogen-bond donors (Lipinski definition) is 0. The fraction of sp³-hybridized carbons (Fsp3) is 0.875. The lowest BCUT2D eigenvalue weighted by Gasteiger charge is -2.07. The molecule has 20 heavy (non-hydrogen) atoms. The molecule has 0 amide bonds. The number of ether oxygens (including phenoxy) is 2. The van der Waals surface area contributed by atoms with Gasteiger partial charge in [-0.1, -0.05) is 46.5 Å². The van der Waals surface area contributed by atoms with Crippen molar-refractivity contribution in [1.82, 2.24) is 0 Å². The number of carbonyl (C=O) groups excluding carboxylic acids is 2. The molecule has 0 unspecified atom stereocenters. The van der Waals surface area contributed by atoms with Gasteiger partial charge in [-0.2, -0.15) is 0 Å². The lowest BCUT2D eigenvalue weighted by Crippen LogP contribution is -2.11. The summed E-state index contributed by atoms with van der Waals surface area (Å²) in [6, 6.07) is 0. The molecule has 4 heteroatoms. The Morgan fingerprint density at radius 3 is 2.05 bits per heavy atom. The van der Waals surface area contributed by atoms with E-state index in [4.69, 9.17) is 9.47 Å². The lowest BCUT2D eigenvalue weighted by molar-refractivity contribution is -0.146.